The number of rotatable bonds is 6. The van der Waals surface area contributed by atoms with Crippen LogP contribution >= 0.6 is 22.7 Å². The van der Waals surface area contributed by atoms with Crippen LogP contribution in [0.25, 0.3) is 0 Å². The number of thiophene rings is 2. The minimum absolute atomic E-state index is 0.150. The molecule has 2 amide bonds. The summed E-state index contributed by atoms with van der Waals surface area (Å²) in [7, 11) is 0. The van der Waals surface area contributed by atoms with Gasteiger partial charge in [-0.05, 0) is 42.7 Å². The van der Waals surface area contributed by atoms with Crippen molar-refractivity contribution in [3.8, 4) is 0 Å². The van der Waals surface area contributed by atoms with Crippen LogP contribution in [0.5, 0.6) is 0 Å². The topological polar surface area (TPSA) is 84.2 Å². The number of carbonyl (C=O) groups is 2. The van der Waals surface area contributed by atoms with Gasteiger partial charge in [0.05, 0.1) is 12.1 Å². The standard InChI is InChI=1S/C16H19N3O2S2/c17-15(21)14-11-5-1-2-6-12(11)23-16(14)19-13(20)9-18-8-10-4-3-7-22-10/h3-4,7,18H,1-2,5-6,8-9H2,(H2,17,21)(H,19,20). The maximum atomic E-state index is 12.1. The SMILES string of the molecule is NC(=O)c1c(NC(=O)CNCc2cccs2)sc2c1CCCC2. The Labute approximate surface area is 142 Å². The highest BCUT2D eigenvalue weighted by Crippen LogP contribution is 2.37. The predicted molar refractivity (Wildman–Crippen MR) is 94.1 cm³/mol. The number of nitrogens with one attached hydrogen (secondary N) is 2. The van der Waals surface area contributed by atoms with Gasteiger partial charge >= 0.3 is 0 Å². The molecule has 3 rings (SSSR count). The fourth-order valence-electron chi connectivity index (χ4n) is 2.80. The van der Waals surface area contributed by atoms with Gasteiger partial charge in [0.15, 0.2) is 0 Å². The maximum Gasteiger partial charge on any atom is 0.251 e. The highest BCUT2D eigenvalue weighted by Gasteiger charge is 2.24. The van der Waals surface area contributed by atoms with Crippen molar-refractivity contribution in [2.75, 3.05) is 11.9 Å². The normalized spacial score (nSPS) is 13.6. The Morgan fingerprint density at radius 3 is 2.83 bits per heavy atom. The third-order valence-corrected chi connectivity index (χ3v) is 5.92. The number of hydrogen-bond acceptors (Lipinski definition) is 5. The van der Waals surface area contributed by atoms with Gasteiger partial charge in [-0.25, -0.2) is 0 Å². The molecule has 0 atom stereocenters. The minimum atomic E-state index is -0.453. The molecule has 2 aromatic heterocycles. The summed E-state index contributed by atoms with van der Waals surface area (Å²) in [5.41, 5.74) is 7.07. The summed E-state index contributed by atoms with van der Waals surface area (Å²) >= 11 is 3.14. The number of nitrogens with two attached hydrogens (primary N) is 1. The number of anilines is 1. The molecule has 0 saturated heterocycles. The van der Waals surface area contributed by atoms with Gasteiger partial charge in [0.2, 0.25) is 5.91 Å². The number of hydrogen-bond donors (Lipinski definition) is 3. The van der Waals surface area contributed by atoms with Gasteiger partial charge in [0, 0.05) is 16.3 Å². The molecule has 0 fully saturated rings. The minimum Gasteiger partial charge on any atom is -0.365 e. The number of aryl methyl sites for hydroxylation is 1. The Hall–Kier alpha value is -1.70. The zero-order chi connectivity index (χ0) is 16.2. The smallest absolute Gasteiger partial charge is 0.251 e. The summed E-state index contributed by atoms with van der Waals surface area (Å²) < 4.78 is 0. The molecule has 2 heterocycles. The molecule has 0 aromatic carbocycles. The lowest BCUT2D eigenvalue weighted by atomic mass is 9.95. The van der Waals surface area contributed by atoms with Crippen molar-refractivity contribution in [2.24, 2.45) is 5.73 Å². The van der Waals surface area contributed by atoms with Crippen LogP contribution in [0, 0.1) is 0 Å². The molecule has 0 bridgehead atoms. The van der Waals surface area contributed by atoms with Crippen molar-refractivity contribution in [2.45, 2.75) is 32.2 Å². The molecule has 0 saturated carbocycles. The zero-order valence-electron chi connectivity index (χ0n) is 12.7. The monoisotopic (exact) mass is 349 g/mol. The van der Waals surface area contributed by atoms with Crippen molar-refractivity contribution < 1.29 is 9.59 Å². The van der Waals surface area contributed by atoms with E-state index in [0.717, 1.165) is 31.2 Å². The van der Waals surface area contributed by atoms with Gasteiger partial charge in [0.25, 0.3) is 5.91 Å². The summed E-state index contributed by atoms with van der Waals surface area (Å²) in [6.45, 7) is 0.868. The summed E-state index contributed by atoms with van der Waals surface area (Å²) in [5, 5.41) is 8.56. The van der Waals surface area contributed by atoms with Crippen molar-refractivity contribution in [1.82, 2.24) is 5.32 Å². The van der Waals surface area contributed by atoms with Gasteiger partial charge in [-0.1, -0.05) is 6.07 Å². The van der Waals surface area contributed by atoms with Crippen LogP contribution < -0.4 is 16.4 Å². The Morgan fingerprint density at radius 1 is 1.26 bits per heavy atom. The highest BCUT2D eigenvalue weighted by atomic mass is 32.1. The van der Waals surface area contributed by atoms with E-state index in [1.807, 2.05) is 17.5 Å². The third kappa shape index (κ3) is 3.80. The van der Waals surface area contributed by atoms with Gasteiger partial charge in [-0.3, -0.25) is 9.59 Å². The average molecular weight is 349 g/mol. The van der Waals surface area contributed by atoms with Crippen LogP contribution in [0.2, 0.25) is 0 Å². The molecule has 0 unspecified atom stereocenters. The quantitative estimate of drug-likeness (QED) is 0.749. The summed E-state index contributed by atoms with van der Waals surface area (Å²) in [4.78, 5) is 26.3. The van der Waals surface area contributed by atoms with E-state index in [9.17, 15) is 9.59 Å². The molecular weight excluding hydrogens is 330 g/mol. The van der Waals surface area contributed by atoms with Crippen LogP contribution in [-0.4, -0.2) is 18.4 Å². The fourth-order valence-corrected chi connectivity index (χ4v) is 4.78. The van der Waals surface area contributed by atoms with E-state index in [1.165, 1.54) is 21.1 Å². The van der Waals surface area contributed by atoms with E-state index < -0.39 is 5.91 Å². The maximum absolute atomic E-state index is 12.1. The van der Waals surface area contributed by atoms with Crippen LogP contribution in [-0.2, 0) is 24.2 Å². The molecule has 4 N–H and O–H groups in total. The second-order valence-corrected chi connectivity index (χ2v) is 7.65. The second-order valence-electron chi connectivity index (χ2n) is 5.51. The lowest BCUT2D eigenvalue weighted by Crippen LogP contribution is -2.28. The first kappa shape index (κ1) is 16.2. The Morgan fingerprint density at radius 2 is 2.09 bits per heavy atom. The molecule has 0 radical (unpaired) electrons. The molecule has 23 heavy (non-hydrogen) atoms. The average Bonchev–Trinajstić information content (AvgIpc) is 3.13. The Balaban J connectivity index is 1.63. The van der Waals surface area contributed by atoms with Crippen LogP contribution in [0.3, 0.4) is 0 Å². The molecule has 0 spiro atoms. The first-order chi connectivity index (χ1) is 11.1. The molecular formula is C16H19N3O2S2. The third-order valence-electron chi connectivity index (χ3n) is 3.84. The predicted octanol–water partition coefficient (Wildman–Crippen LogP) is 2.52. The largest absolute Gasteiger partial charge is 0.365 e. The summed E-state index contributed by atoms with van der Waals surface area (Å²) in [5.74, 6) is -0.603. The van der Waals surface area contributed by atoms with E-state index in [4.69, 9.17) is 5.73 Å². The molecule has 7 heteroatoms. The lowest BCUT2D eigenvalue weighted by Gasteiger charge is -2.11. The molecule has 1 aliphatic rings. The highest BCUT2D eigenvalue weighted by molar-refractivity contribution is 7.17. The van der Waals surface area contributed by atoms with Gasteiger partial charge in [-0.15, -0.1) is 22.7 Å². The van der Waals surface area contributed by atoms with Crippen molar-refractivity contribution >= 4 is 39.5 Å². The van der Waals surface area contributed by atoms with Crippen molar-refractivity contribution in [1.29, 1.82) is 0 Å². The summed E-state index contributed by atoms with van der Waals surface area (Å²) in [6.07, 6.45) is 4.03. The Bertz CT molecular complexity index is 707. The van der Waals surface area contributed by atoms with E-state index in [-0.39, 0.29) is 12.5 Å². The van der Waals surface area contributed by atoms with E-state index >= 15 is 0 Å². The molecule has 2 aromatic rings. The Kier molecular flexibility index (Phi) is 5.09. The molecule has 1 aliphatic carbocycles. The lowest BCUT2D eigenvalue weighted by molar-refractivity contribution is -0.115. The van der Waals surface area contributed by atoms with E-state index in [0.29, 0.717) is 17.1 Å². The number of amides is 2. The van der Waals surface area contributed by atoms with E-state index in [1.54, 1.807) is 11.3 Å². The fraction of sp³-hybridized carbons (Fsp3) is 0.375. The number of carbonyl (C=O) groups excluding carboxylic acids is 2. The molecule has 5 nitrogen and oxygen atoms in total. The zero-order valence-corrected chi connectivity index (χ0v) is 14.3. The molecule has 0 aliphatic heterocycles. The number of primary amides is 1. The van der Waals surface area contributed by atoms with Crippen molar-refractivity contribution in [3.05, 3.63) is 38.4 Å². The van der Waals surface area contributed by atoms with Gasteiger partial charge in [-0.2, -0.15) is 0 Å². The number of fused-ring (bicyclic) bond motifs is 1. The van der Waals surface area contributed by atoms with Crippen LogP contribution in [0.15, 0.2) is 17.5 Å². The van der Waals surface area contributed by atoms with Gasteiger partial charge < -0.3 is 16.4 Å². The first-order valence-electron chi connectivity index (χ1n) is 7.62. The summed E-state index contributed by atoms with van der Waals surface area (Å²) in [6, 6.07) is 4.01. The first-order valence-corrected chi connectivity index (χ1v) is 9.32. The van der Waals surface area contributed by atoms with Crippen LogP contribution in [0.1, 0.15) is 38.5 Å². The molecule has 122 valence electrons. The van der Waals surface area contributed by atoms with Crippen LogP contribution in [0.4, 0.5) is 5.00 Å². The van der Waals surface area contributed by atoms with E-state index in [2.05, 4.69) is 10.6 Å². The van der Waals surface area contributed by atoms with Gasteiger partial charge in [0.1, 0.15) is 5.00 Å². The van der Waals surface area contributed by atoms with Crippen molar-refractivity contribution in [3.63, 3.8) is 0 Å². The second kappa shape index (κ2) is 7.25.